The fraction of sp³-hybridized carbons (Fsp3) is 0.500. The summed E-state index contributed by atoms with van der Waals surface area (Å²) in [5.41, 5.74) is 1.79. The van der Waals surface area contributed by atoms with Gasteiger partial charge in [0.1, 0.15) is 11.9 Å². The van der Waals surface area contributed by atoms with E-state index in [-0.39, 0.29) is 30.9 Å². The van der Waals surface area contributed by atoms with Crippen LogP contribution in [0.2, 0.25) is 0 Å². The average molecular weight is 511 g/mol. The molecule has 6 nitrogen and oxygen atoms in total. The predicted octanol–water partition coefficient (Wildman–Crippen LogP) is 4.06. The number of ether oxygens (including phenoxy) is 1. The SMILES string of the molecule is CC(C)Oc1ccc(N(C)CC(O)C2(O)CCN(CCc3ccc(C#N)cc3)CC2)cc1.Cl.Cl. The molecule has 0 aromatic heterocycles. The number of hydrogen-bond acceptors (Lipinski definition) is 6. The Kier molecular flexibility index (Phi) is 12.2. The van der Waals surface area contributed by atoms with Crippen molar-refractivity contribution in [3.8, 4) is 11.8 Å². The highest BCUT2D eigenvalue weighted by Crippen LogP contribution is 2.28. The van der Waals surface area contributed by atoms with Crippen molar-refractivity contribution in [1.29, 1.82) is 5.26 Å². The number of nitrogens with zero attached hydrogens (tertiary/aromatic N) is 3. The van der Waals surface area contributed by atoms with Crippen LogP contribution in [0.4, 0.5) is 5.69 Å². The van der Waals surface area contributed by atoms with Crippen molar-refractivity contribution in [2.24, 2.45) is 0 Å². The van der Waals surface area contributed by atoms with Crippen LogP contribution in [-0.2, 0) is 6.42 Å². The number of piperidine rings is 1. The van der Waals surface area contributed by atoms with E-state index in [1.54, 1.807) is 0 Å². The van der Waals surface area contributed by atoms with Gasteiger partial charge in [-0.3, -0.25) is 0 Å². The Morgan fingerprint density at radius 2 is 1.65 bits per heavy atom. The lowest BCUT2D eigenvalue weighted by molar-refractivity contribution is -0.104. The predicted molar refractivity (Wildman–Crippen MR) is 141 cm³/mol. The molecule has 2 aromatic rings. The van der Waals surface area contributed by atoms with E-state index >= 15 is 0 Å². The minimum Gasteiger partial charge on any atom is -0.491 e. The van der Waals surface area contributed by atoms with Gasteiger partial charge in [0.25, 0.3) is 0 Å². The van der Waals surface area contributed by atoms with Gasteiger partial charge in [-0.15, -0.1) is 24.8 Å². The lowest BCUT2D eigenvalue weighted by atomic mass is 9.85. The molecule has 1 heterocycles. The Balaban J connectivity index is 0.00000289. The molecule has 188 valence electrons. The molecule has 1 atom stereocenters. The van der Waals surface area contributed by atoms with Gasteiger partial charge in [0.15, 0.2) is 0 Å². The molecule has 1 aliphatic rings. The number of hydrogen-bond donors (Lipinski definition) is 2. The third-order valence-electron chi connectivity index (χ3n) is 6.24. The summed E-state index contributed by atoms with van der Waals surface area (Å²) >= 11 is 0. The normalized spacial score (nSPS) is 16.0. The van der Waals surface area contributed by atoms with Gasteiger partial charge in [-0.05, 0) is 75.1 Å². The van der Waals surface area contributed by atoms with Gasteiger partial charge in [0.2, 0.25) is 0 Å². The van der Waals surface area contributed by atoms with E-state index in [4.69, 9.17) is 10.00 Å². The standard InChI is InChI=1S/C26H35N3O3.2ClH/c1-20(2)32-24-10-8-23(9-11-24)28(3)19-25(30)26(31)13-16-29(17-14-26)15-12-21-4-6-22(18-27)7-5-21;;/h4-11,20,25,30-31H,12-17,19H2,1-3H3;2*1H. The first-order chi connectivity index (χ1) is 15.3. The van der Waals surface area contributed by atoms with E-state index in [9.17, 15) is 10.2 Å². The van der Waals surface area contributed by atoms with E-state index in [0.717, 1.165) is 37.5 Å². The third-order valence-corrected chi connectivity index (χ3v) is 6.24. The van der Waals surface area contributed by atoms with Crippen molar-refractivity contribution in [1.82, 2.24) is 4.90 Å². The Hall–Kier alpha value is -2.01. The number of nitriles is 1. The summed E-state index contributed by atoms with van der Waals surface area (Å²) in [6, 6.07) is 17.6. The molecule has 1 fully saturated rings. The van der Waals surface area contributed by atoms with Crippen LogP contribution in [0.5, 0.6) is 5.75 Å². The first kappa shape index (κ1) is 30.0. The van der Waals surface area contributed by atoms with Crippen LogP contribution in [0.15, 0.2) is 48.5 Å². The lowest BCUT2D eigenvalue weighted by Gasteiger charge is -2.42. The third kappa shape index (κ3) is 8.33. The second-order valence-electron chi connectivity index (χ2n) is 9.06. The van der Waals surface area contributed by atoms with Crippen molar-refractivity contribution in [3.05, 3.63) is 59.7 Å². The quantitative estimate of drug-likeness (QED) is 0.530. The molecular weight excluding hydrogens is 473 g/mol. The number of rotatable bonds is 9. The van der Waals surface area contributed by atoms with Crippen molar-refractivity contribution >= 4 is 30.5 Å². The second-order valence-corrected chi connectivity index (χ2v) is 9.06. The summed E-state index contributed by atoms with van der Waals surface area (Å²) in [5, 5.41) is 30.8. The molecule has 0 amide bonds. The Labute approximate surface area is 216 Å². The molecule has 2 N–H and O–H groups in total. The molecule has 0 radical (unpaired) electrons. The van der Waals surface area contributed by atoms with E-state index in [2.05, 4.69) is 11.0 Å². The minimum absolute atomic E-state index is 0. The number of aliphatic hydroxyl groups excluding tert-OH is 1. The number of halogens is 2. The monoisotopic (exact) mass is 509 g/mol. The molecule has 3 rings (SSSR count). The van der Waals surface area contributed by atoms with E-state index in [1.165, 1.54) is 5.56 Å². The maximum Gasteiger partial charge on any atom is 0.119 e. The maximum absolute atomic E-state index is 11.1. The zero-order valence-corrected chi connectivity index (χ0v) is 21.8. The molecule has 1 saturated heterocycles. The van der Waals surface area contributed by atoms with Crippen molar-refractivity contribution in [3.63, 3.8) is 0 Å². The number of likely N-dealkylation sites (tertiary alicyclic amines) is 1. The molecule has 34 heavy (non-hydrogen) atoms. The van der Waals surface area contributed by atoms with Crippen LogP contribution in [0.3, 0.4) is 0 Å². The second kappa shape index (κ2) is 13.8. The van der Waals surface area contributed by atoms with Crippen LogP contribution in [-0.4, -0.2) is 66.1 Å². The summed E-state index contributed by atoms with van der Waals surface area (Å²) in [6.07, 6.45) is 1.32. The Bertz CT molecular complexity index is 893. The van der Waals surface area contributed by atoms with Gasteiger partial charge in [-0.1, -0.05) is 12.1 Å². The number of likely N-dealkylation sites (N-methyl/N-ethyl adjacent to an activating group) is 1. The van der Waals surface area contributed by atoms with Crippen molar-refractivity contribution < 1.29 is 14.9 Å². The zero-order valence-electron chi connectivity index (χ0n) is 20.2. The fourth-order valence-electron chi connectivity index (χ4n) is 4.12. The first-order valence-electron chi connectivity index (χ1n) is 11.4. The van der Waals surface area contributed by atoms with Crippen LogP contribution < -0.4 is 9.64 Å². The number of benzene rings is 2. The van der Waals surface area contributed by atoms with Crippen LogP contribution in [0.25, 0.3) is 0 Å². The average Bonchev–Trinajstić information content (AvgIpc) is 2.79. The Morgan fingerprint density at radius 1 is 1.06 bits per heavy atom. The Morgan fingerprint density at radius 3 is 2.18 bits per heavy atom. The summed E-state index contributed by atoms with van der Waals surface area (Å²) < 4.78 is 5.68. The maximum atomic E-state index is 11.1. The molecule has 1 unspecified atom stereocenters. The van der Waals surface area contributed by atoms with Gasteiger partial charge in [0.05, 0.1) is 23.3 Å². The largest absolute Gasteiger partial charge is 0.491 e. The lowest BCUT2D eigenvalue weighted by Crippen LogP contribution is -2.54. The highest BCUT2D eigenvalue weighted by atomic mass is 35.5. The van der Waals surface area contributed by atoms with E-state index < -0.39 is 11.7 Å². The fourth-order valence-corrected chi connectivity index (χ4v) is 4.12. The van der Waals surface area contributed by atoms with E-state index in [1.807, 2.05) is 74.3 Å². The van der Waals surface area contributed by atoms with Gasteiger partial charge in [-0.25, -0.2) is 0 Å². The van der Waals surface area contributed by atoms with Crippen LogP contribution in [0, 0.1) is 11.3 Å². The van der Waals surface area contributed by atoms with E-state index in [0.29, 0.717) is 24.9 Å². The summed E-state index contributed by atoms with van der Waals surface area (Å²) in [5.74, 6) is 0.824. The molecule has 0 spiro atoms. The van der Waals surface area contributed by atoms with Crippen LogP contribution in [0.1, 0.15) is 37.8 Å². The van der Waals surface area contributed by atoms with Gasteiger partial charge in [0, 0.05) is 38.9 Å². The number of aliphatic hydroxyl groups is 2. The highest BCUT2D eigenvalue weighted by molar-refractivity contribution is 5.85. The first-order valence-corrected chi connectivity index (χ1v) is 11.4. The molecule has 1 aliphatic heterocycles. The van der Waals surface area contributed by atoms with Crippen LogP contribution >= 0.6 is 24.8 Å². The molecule has 0 aliphatic carbocycles. The summed E-state index contributed by atoms with van der Waals surface area (Å²) in [4.78, 5) is 4.30. The van der Waals surface area contributed by atoms with Gasteiger partial charge < -0.3 is 24.7 Å². The van der Waals surface area contributed by atoms with Gasteiger partial charge in [-0.2, -0.15) is 5.26 Å². The smallest absolute Gasteiger partial charge is 0.119 e. The molecular formula is C26H37Cl2N3O3. The summed E-state index contributed by atoms with van der Waals surface area (Å²) in [6.45, 7) is 6.78. The minimum atomic E-state index is -1.07. The topological polar surface area (TPSA) is 80.0 Å². The molecule has 0 saturated carbocycles. The number of anilines is 1. The van der Waals surface area contributed by atoms with Gasteiger partial charge >= 0.3 is 0 Å². The summed E-state index contributed by atoms with van der Waals surface area (Å²) in [7, 11) is 1.93. The zero-order chi connectivity index (χ0) is 23.1. The highest BCUT2D eigenvalue weighted by Gasteiger charge is 2.39. The van der Waals surface area contributed by atoms with Crippen molar-refractivity contribution in [2.45, 2.75) is 50.9 Å². The molecule has 8 heteroatoms. The van der Waals surface area contributed by atoms with Crippen molar-refractivity contribution in [2.75, 3.05) is 38.1 Å². The molecule has 0 bridgehead atoms. The molecule has 2 aromatic carbocycles.